The fraction of sp³-hybridized carbons (Fsp3) is 0.152. The molecule has 0 bridgehead atoms. The number of halogens is 1. The Balaban J connectivity index is 1.28. The average Bonchev–Trinajstić information content (AvgIpc) is 3.55. The van der Waals surface area contributed by atoms with E-state index < -0.39 is 46.9 Å². The fourth-order valence-electron chi connectivity index (χ4n) is 6.13. The Morgan fingerprint density at radius 2 is 1.29 bits per heavy atom. The van der Waals surface area contributed by atoms with Crippen LogP contribution in [-0.4, -0.2) is 29.0 Å². The number of ether oxygens (including phenoxy) is 2. The second kappa shape index (κ2) is 9.23. The zero-order valence-corrected chi connectivity index (χ0v) is 22.5. The lowest BCUT2D eigenvalue weighted by Gasteiger charge is -2.27. The molecule has 0 N–H and O–H groups in total. The second-order valence-electron chi connectivity index (χ2n) is 10.5. The van der Waals surface area contributed by atoms with Crippen LogP contribution in [-0.2, 0) is 14.3 Å². The highest BCUT2D eigenvalue weighted by molar-refractivity contribution is 6.37. The van der Waals surface area contributed by atoms with Gasteiger partial charge in [0.05, 0.1) is 23.6 Å². The predicted molar refractivity (Wildman–Crippen MR) is 150 cm³/mol. The summed E-state index contributed by atoms with van der Waals surface area (Å²) in [5, 5.41) is 0.581. The molecule has 4 aromatic rings. The molecule has 0 aromatic heterocycles. The van der Waals surface area contributed by atoms with Gasteiger partial charge >= 0.3 is 0 Å². The molecular formula is C33H22ClNO6. The van der Waals surface area contributed by atoms with Crippen molar-refractivity contribution < 1.29 is 28.7 Å². The first-order valence-electron chi connectivity index (χ1n) is 13.1. The van der Waals surface area contributed by atoms with Crippen molar-refractivity contribution in [1.29, 1.82) is 0 Å². The number of rotatable bonds is 4. The Hall–Kier alpha value is -4.59. The van der Waals surface area contributed by atoms with E-state index in [-0.39, 0.29) is 11.1 Å². The van der Waals surface area contributed by atoms with Crippen LogP contribution in [0.3, 0.4) is 0 Å². The number of nitrogens with zero attached hydrogens (tertiary/aromatic N) is 1. The van der Waals surface area contributed by atoms with E-state index in [0.29, 0.717) is 27.8 Å². The zero-order chi connectivity index (χ0) is 28.5. The number of fused-ring (bicyclic) bond motifs is 3. The number of aryl methyl sites for hydroxylation is 1. The Morgan fingerprint density at radius 3 is 1.88 bits per heavy atom. The SMILES string of the molecule is Cc1ccc([C@@H]2OC3(C(=O)c4ccccc4C3=O)[C@H]3C(=O)N(c4ccc(Oc5ccc(Cl)cc5)cc4)C(=O)[C@@H]23)cc1. The molecule has 2 heterocycles. The van der Waals surface area contributed by atoms with Gasteiger partial charge in [-0.3, -0.25) is 19.2 Å². The van der Waals surface area contributed by atoms with Crippen molar-refractivity contribution in [2.75, 3.05) is 4.90 Å². The third-order valence-electron chi connectivity index (χ3n) is 8.07. The van der Waals surface area contributed by atoms with Crippen molar-refractivity contribution in [2.45, 2.75) is 18.6 Å². The Bertz CT molecular complexity index is 1710. The maximum absolute atomic E-state index is 14.1. The van der Waals surface area contributed by atoms with Crippen LogP contribution >= 0.6 is 11.6 Å². The highest BCUT2D eigenvalue weighted by Crippen LogP contribution is 2.57. The minimum absolute atomic E-state index is 0.197. The van der Waals surface area contributed by atoms with Gasteiger partial charge in [0, 0.05) is 16.1 Å². The fourth-order valence-corrected chi connectivity index (χ4v) is 6.26. The topological polar surface area (TPSA) is 90.0 Å². The van der Waals surface area contributed by atoms with E-state index in [1.807, 2.05) is 19.1 Å². The molecule has 3 atom stereocenters. The molecule has 1 aliphatic carbocycles. The monoisotopic (exact) mass is 563 g/mol. The molecule has 3 aliphatic rings. The quantitative estimate of drug-likeness (QED) is 0.219. The van der Waals surface area contributed by atoms with Gasteiger partial charge in [0.25, 0.3) is 0 Å². The highest BCUT2D eigenvalue weighted by atomic mass is 35.5. The van der Waals surface area contributed by atoms with Gasteiger partial charge in [-0.05, 0) is 61.0 Å². The number of carbonyl (C=O) groups excluding carboxylic acids is 4. The van der Waals surface area contributed by atoms with Gasteiger partial charge in [0.2, 0.25) is 29.0 Å². The third-order valence-corrected chi connectivity index (χ3v) is 8.32. The van der Waals surface area contributed by atoms with E-state index in [1.54, 1.807) is 84.9 Å². The summed E-state index contributed by atoms with van der Waals surface area (Å²) in [6.45, 7) is 1.93. The van der Waals surface area contributed by atoms with Gasteiger partial charge in [0.1, 0.15) is 11.5 Å². The minimum Gasteiger partial charge on any atom is -0.457 e. The van der Waals surface area contributed by atoms with Crippen LogP contribution in [0.2, 0.25) is 5.02 Å². The number of amides is 2. The Kier molecular flexibility index (Phi) is 5.71. The van der Waals surface area contributed by atoms with Gasteiger partial charge in [0.15, 0.2) is 0 Å². The molecular weight excluding hydrogens is 542 g/mol. The molecule has 202 valence electrons. The maximum atomic E-state index is 14.1. The first kappa shape index (κ1) is 25.4. The van der Waals surface area contributed by atoms with Gasteiger partial charge in [-0.15, -0.1) is 0 Å². The normalized spacial score (nSPS) is 22.4. The number of imide groups is 1. The van der Waals surface area contributed by atoms with Crippen molar-refractivity contribution in [1.82, 2.24) is 0 Å². The lowest BCUT2D eigenvalue weighted by Crippen LogP contribution is -2.51. The maximum Gasteiger partial charge on any atom is 0.241 e. The summed E-state index contributed by atoms with van der Waals surface area (Å²) in [5.41, 5.74) is 0.212. The average molecular weight is 564 g/mol. The third kappa shape index (κ3) is 3.70. The lowest BCUT2D eigenvalue weighted by atomic mass is 9.77. The number of hydrogen-bond acceptors (Lipinski definition) is 6. The van der Waals surface area contributed by atoms with Crippen LogP contribution in [0.5, 0.6) is 11.5 Å². The molecule has 0 radical (unpaired) electrons. The molecule has 2 amide bonds. The standard InChI is InChI=1S/C33H22ClNO6/c1-18-6-8-19(9-7-18)28-26-27(33(41-28)29(36)24-4-2-3-5-25(24)30(33)37)32(39)35(31(26)38)21-12-16-23(17-13-21)40-22-14-10-20(34)11-15-22/h2-17,26-28H,1H3/t26-,27-,28+/m1/s1. The Morgan fingerprint density at radius 1 is 0.732 bits per heavy atom. The molecule has 41 heavy (non-hydrogen) atoms. The van der Waals surface area contributed by atoms with Crippen molar-refractivity contribution in [2.24, 2.45) is 11.8 Å². The molecule has 2 saturated heterocycles. The van der Waals surface area contributed by atoms with E-state index in [1.165, 1.54) is 0 Å². The number of Topliss-reactive ketones (excluding diaryl/α,β-unsaturated/α-hetero) is 2. The minimum atomic E-state index is -2.11. The smallest absolute Gasteiger partial charge is 0.241 e. The molecule has 8 heteroatoms. The second-order valence-corrected chi connectivity index (χ2v) is 10.9. The van der Waals surface area contributed by atoms with Crippen molar-refractivity contribution >= 4 is 40.7 Å². The van der Waals surface area contributed by atoms with Crippen molar-refractivity contribution in [3.05, 3.63) is 124 Å². The molecule has 7 rings (SSSR count). The molecule has 0 saturated carbocycles. The lowest BCUT2D eigenvalue weighted by molar-refractivity contribution is -0.127. The summed E-state index contributed by atoms with van der Waals surface area (Å²) >= 11 is 5.95. The van der Waals surface area contributed by atoms with Crippen LogP contribution in [0.25, 0.3) is 0 Å². The van der Waals surface area contributed by atoms with Crippen LogP contribution in [0, 0.1) is 18.8 Å². The zero-order valence-electron chi connectivity index (χ0n) is 21.7. The summed E-state index contributed by atoms with van der Waals surface area (Å²) in [4.78, 5) is 57.0. The predicted octanol–water partition coefficient (Wildman–Crippen LogP) is 6.14. The van der Waals surface area contributed by atoms with E-state index in [9.17, 15) is 19.2 Å². The number of anilines is 1. The highest BCUT2D eigenvalue weighted by Gasteiger charge is 2.74. The van der Waals surface area contributed by atoms with E-state index >= 15 is 0 Å². The van der Waals surface area contributed by atoms with Gasteiger partial charge in [-0.25, -0.2) is 4.90 Å². The molecule has 7 nitrogen and oxygen atoms in total. The first-order valence-corrected chi connectivity index (χ1v) is 13.5. The number of ketones is 2. The van der Waals surface area contributed by atoms with E-state index in [4.69, 9.17) is 21.1 Å². The van der Waals surface area contributed by atoms with Crippen LogP contribution in [0.15, 0.2) is 97.1 Å². The first-order chi connectivity index (χ1) is 19.8. The van der Waals surface area contributed by atoms with E-state index in [2.05, 4.69) is 0 Å². The summed E-state index contributed by atoms with van der Waals surface area (Å²) in [6, 6.07) is 27.1. The van der Waals surface area contributed by atoms with Gasteiger partial charge < -0.3 is 9.47 Å². The largest absolute Gasteiger partial charge is 0.457 e. The van der Waals surface area contributed by atoms with Crippen LogP contribution in [0.4, 0.5) is 5.69 Å². The molecule has 4 aromatic carbocycles. The van der Waals surface area contributed by atoms with Crippen molar-refractivity contribution in [3.63, 3.8) is 0 Å². The van der Waals surface area contributed by atoms with Crippen molar-refractivity contribution in [3.8, 4) is 11.5 Å². The summed E-state index contributed by atoms with van der Waals surface area (Å²) < 4.78 is 12.2. The van der Waals surface area contributed by atoms with Gasteiger partial charge in [-0.1, -0.05) is 65.7 Å². The van der Waals surface area contributed by atoms with Gasteiger partial charge in [-0.2, -0.15) is 0 Å². The number of carbonyl (C=O) groups is 4. The molecule has 0 unspecified atom stereocenters. The van der Waals surface area contributed by atoms with E-state index in [0.717, 1.165) is 10.5 Å². The molecule has 2 fully saturated rings. The molecule has 2 aliphatic heterocycles. The molecule has 1 spiro atoms. The number of hydrogen-bond donors (Lipinski definition) is 0. The Labute approximate surface area is 240 Å². The van der Waals surface area contributed by atoms with Crippen LogP contribution in [0.1, 0.15) is 37.9 Å². The summed E-state index contributed by atoms with van der Waals surface area (Å²) in [5.74, 6) is -3.64. The summed E-state index contributed by atoms with van der Waals surface area (Å²) in [7, 11) is 0. The van der Waals surface area contributed by atoms with Crippen LogP contribution < -0.4 is 9.64 Å². The summed E-state index contributed by atoms with van der Waals surface area (Å²) in [6.07, 6.45) is -0.961. The number of benzene rings is 4.